The van der Waals surface area contributed by atoms with E-state index in [1.807, 2.05) is 0 Å². The van der Waals surface area contributed by atoms with Gasteiger partial charge in [-0.2, -0.15) is 0 Å². The van der Waals surface area contributed by atoms with Crippen LogP contribution in [0.4, 0.5) is 0 Å². The Bertz CT molecular complexity index is 370. The molecular weight excluding hydrogens is 256 g/mol. The van der Waals surface area contributed by atoms with Crippen LogP contribution in [0.2, 0.25) is 0 Å². The summed E-state index contributed by atoms with van der Waals surface area (Å²) in [5.41, 5.74) is 1.49. The third-order valence-electron chi connectivity index (χ3n) is 4.60. The molecule has 1 saturated heterocycles. The molecule has 21 heavy (non-hydrogen) atoms. The molecule has 0 saturated carbocycles. The van der Waals surface area contributed by atoms with Crippen molar-refractivity contribution < 1.29 is 0 Å². The molecule has 0 bridgehead atoms. The van der Waals surface area contributed by atoms with Gasteiger partial charge < -0.3 is 5.32 Å². The first kappa shape index (κ1) is 16.5. The van der Waals surface area contributed by atoms with Crippen molar-refractivity contribution >= 4 is 0 Å². The van der Waals surface area contributed by atoms with Gasteiger partial charge in [0.15, 0.2) is 0 Å². The van der Waals surface area contributed by atoms with E-state index in [0.717, 1.165) is 0 Å². The fraction of sp³-hybridized carbons (Fsp3) is 0.684. The molecule has 1 aromatic carbocycles. The van der Waals surface area contributed by atoms with Crippen LogP contribution in [0.3, 0.4) is 0 Å². The lowest BCUT2D eigenvalue weighted by Crippen LogP contribution is -2.40. The van der Waals surface area contributed by atoms with Crippen molar-refractivity contribution in [3.05, 3.63) is 35.9 Å². The second-order valence-corrected chi connectivity index (χ2v) is 6.36. The van der Waals surface area contributed by atoms with Crippen molar-refractivity contribution in [2.45, 2.75) is 64.5 Å². The summed E-state index contributed by atoms with van der Waals surface area (Å²) in [6.45, 7) is 8.25. The van der Waals surface area contributed by atoms with Crippen molar-refractivity contribution in [2.24, 2.45) is 0 Å². The summed E-state index contributed by atoms with van der Waals surface area (Å²) in [6, 6.07) is 12.4. The van der Waals surface area contributed by atoms with Crippen LogP contribution in [0, 0.1) is 0 Å². The Morgan fingerprint density at radius 1 is 1.19 bits per heavy atom. The van der Waals surface area contributed by atoms with Gasteiger partial charge in [0.2, 0.25) is 0 Å². The van der Waals surface area contributed by atoms with Crippen LogP contribution < -0.4 is 5.32 Å². The molecule has 0 spiro atoms. The molecule has 2 atom stereocenters. The second-order valence-electron chi connectivity index (χ2n) is 6.36. The van der Waals surface area contributed by atoms with Crippen molar-refractivity contribution in [1.29, 1.82) is 0 Å². The Labute approximate surface area is 130 Å². The fourth-order valence-electron chi connectivity index (χ4n) is 3.44. The van der Waals surface area contributed by atoms with E-state index in [-0.39, 0.29) is 0 Å². The zero-order valence-electron chi connectivity index (χ0n) is 13.9. The molecular formula is C19H32N2. The highest BCUT2D eigenvalue weighted by Crippen LogP contribution is 2.27. The minimum absolute atomic E-state index is 0.588. The fourth-order valence-corrected chi connectivity index (χ4v) is 3.44. The van der Waals surface area contributed by atoms with E-state index in [9.17, 15) is 0 Å². The third kappa shape index (κ3) is 5.12. The van der Waals surface area contributed by atoms with Crippen molar-refractivity contribution in [1.82, 2.24) is 10.2 Å². The number of unbranched alkanes of at least 4 members (excludes halogenated alkanes) is 1. The van der Waals surface area contributed by atoms with E-state index in [0.29, 0.717) is 12.1 Å². The summed E-state index contributed by atoms with van der Waals surface area (Å²) in [5, 5.41) is 3.67. The Hall–Kier alpha value is -0.860. The van der Waals surface area contributed by atoms with Crippen LogP contribution in [0.15, 0.2) is 30.3 Å². The Morgan fingerprint density at radius 3 is 2.62 bits per heavy atom. The maximum absolute atomic E-state index is 3.67. The predicted octanol–water partition coefficient (Wildman–Crippen LogP) is 4.38. The van der Waals surface area contributed by atoms with Crippen LogP contribution >= 0.6 is 0 Å². The molecule has 2 heteroatoms. The molecule has 1 N–H and O–H groups in total. The second kappa shape index (κ2) is 9.22. The van der Waals surface area contributed by atoms with E-state index in [1.165, 1.54) is 63.7 Å². The Kier molecular flexibility index (Phi) is 7.25. The molecule has 118 valence electrons. The summed E-state index contributed by atoms with van der Waals surface area (Å²) >= 11 is 0. The van der Waals surface area contributed by atoms with E-state index in [2.05, 4.69) is 54.4 Å². The molecule has 0 aliphatic carbocycles. The highest BCUT2D eigenvalue weighted by Gasteiger charge is 2.24. The molecule has 2 unspecified atom stereocenters. The van der Waals surface area contributed by atoms with Crippen LogP contribution in [0.5, 0.6) is 0 Å². The highest BCUT2D eigenvalue weighted by molar-refractivity contribution is 5.19. The van der Waals surface area contributed by atoms with E-state index < -0.39 is 0 Å². The summed E-state index contributed by atoms with van der Waals surface area (Å²) in [7, 11) is 0. The average molecular weight is 288 g/mol. The minimum Gasteiger partial charge on any atom is -0.313 e. The standard InChI is InChI=1S/C19H32N2/c1-3-5-15-21(16-18-13-9-14-20-18)19(10-4-2)17-11-7-6-8-12-17/h6-8,11-12,18-20H,3-5,9-10,13-16H2,1-2H3. The van der Waals surface area contributed by atoms with Crippen LogP contribution in [0.25, 0.3) is 0 Å². The van der Waals surface area contributed by atoms with Gasteiger partial charge in [-0.05, 0) is 44.3 Å². The molecule has 1 aliphatic rings. The molecule has 2 nitrogen and oxygen atoms in total. The number of hydrogen-bond acceptors (Lipinski definition) is 2. The lowest BCUT2D eigenvalue weighted by molar-refractivity contribution is 0.168. The molecule has 1 heterocycles. The SMILES string of the molecule is CCCCN(CC1CCCN1)C(CCC)c1ccccc1. The molecule has 1 fully saturated rings. The summed E-state index contributed by atoms with van der Waals surface area (Å²) < 4.78 is 0. The quantitative estimate of drug-likeness (QED) is 0.725. The van der Waals surface area contributed by atoms with Crippen LogP contribution in [-0.4, -0.2) is 30.6 Å². The smallest absolute Gasteiger partial charge is 0.0348 e. The lowest BCUT2D eigenvalue weighted by Gasteiger charge is -2.34. The first-order valence-electron chi connectivity index (χ1n) is 8.87. The van der Waals surface area contributed by atoms with E-state index in [1.54, 1.807) is 0 Å². The lowest BCUT2D eigenvalue weighted by atomic mass is 9.99. The Morgan fingerprint density at radius 2 is 2.00 bits per heavy atom. The van der Waals surface area contributed by atoms with Gasteiger partial charge >= 0.3 is 0 Å². The van der Waals surface area contributed by atoms with Gasteiger partial charge in [-0.25, -0.2) is 0 Å². The van der Waals surface area contributed by atoms with E-state index >= 15 is 0 Å². The van der Waals surface area contributed by atoms with Crippen molar-refractivity contribution in [3.63, 3.8) is 0 Å². The average Bonchev–Trinajstić information content (AvgIpc) is 3.03. The van der Waals surface area contributed by atoms with Crippen LogP contribution in [-0.2, 0) is 0 Å². The van der Waals surface area contributed by atoms with Gasteiger partial charge in [-0.1, -0.05) is 57.0 Å². The van der Waals surface area contributed by atoms with Crippen molar-refractivity contribution in [2.75, 3.05) is 19.6 Å². The molecule has 2 rings (SSSR count). The third-order valence-corrected chi connectivity index (χ3v) is 4.60. The van der Waals surface area contributed by atoms with Gasteiger partial charge in [0.25, 0.3) is 0 Å². The molecule has 1 aliphatic heterocycles. The van der Waals surface area contributed by atoms with E-state index in [4.69, 9.17) is 0 Å². The number of nitrogens with one attached hydrogen (secondary N) is 1. The number of rotatable bonds is 9. The number of hydrogen-bond donors (Lipinski definition) is 1. The largest absolute Gasteiger partial charge is 0.313 e. The van der Waals surface area contributed by atoms with Gasteiger partial charge in [0.05, 0.1) is 0 Å². The summed E-state index contributed by atoms with van der Waals surface area (Å²) in [6.07, 6.45) is 7.79. The maximum Gasteiger partial charge on any atom is 0.0348 e. The van der Waals surface area contributed by atoms with Gasteiger partial charge in [-0.3, -0.25) is 4.90 Å². The Balaban J connectivity index is 2.08. The van der Waals surface area contributed by atoms with Gasteiger partial charge in [0.1, 0.15) is 0 Å². The van der Waals surface area contributed by atoms with Gasteiger partial charge in [0, 0.05) is 18.6 Å². The van der Waals surface area contributed by atoms with Crippen molar-refractivity contribution in [3.8, 4) is 0 Å². The topological polar surface area (TPSA) is 15.3 Å². The highest BCUT2D eigenvalue weighted by atomic mass is 15.2. The normalized spacial score (nSPS) is 20.0. The number of nitrogens with zero attached hydrogens (tertiary/aromatic N) is 1. The molecule has 0 amide bonds. The monoisotopic (exact) mass is 288 g/mol. The zero-order valence-corrected chi connectivity index (χ0v) is 13.9. The predicted molar refractivity (Wildman–Crippen MR) is 91.6 cm³/mol. The minimum atomic E-state index is 0.588. The van der Waals surface area contributed by atoms with Gasteiger partial charge in [-0.15, -0.1) is 0 Å². The molecule has 0 radical (unpaired) electrons. The van der Waals surface area contributed by atoms with Crippen LogP contribution in [0.1, 0.15) is 64.0 Å². The summed E-state index contributed by atoms with van der Waals surface area (Å²) in [5.74, 6) is 0. The zero-order chi connectivity index (χ0) is 14.9. The summed E-state index contributed by atoms with van der Waals surface area (Å²) in [4.78, 5) is 2.74. The molecule has 0 aromatic heterocycles. The number of benzene rings is 1. The first-order valence-corrected chi connectivity index (χ1v) is 8.87. The first-order chi connectivity index (χ1) is 10.3. The molecule has 1 aromatic rings. The maximum atomic E-state index is 3.67.